The van der Waals surface area contributed by atoms with E-state index in [1.54, 1.807) is 11.9 Å². The molecule has 0 amide bonds. The molecule has 1 heterocycles. The number of fused-ring (bicyclic) bond motifs is 1. The Labute approximate surface area is 89.9 Å². The summed E-state index contributed by atoms with van der Waals surface area (Å²) < 4.78 is 5.44. The van der Waals surface area contributed by atoms with E-state index < -0.39 is 0 Å². The Hall–Kier alpha value is -1.69. The molecule has 1 aromatic carbocycles. The first kappa shape index (κ1) is 9.85. The summed E-state index contributed by atoms with van der Waals surface area (Å²) in [5, 5.41) is 8.62. The molecule has 0 radical (unpaired) electrons. The van der Waals surface area contributed by atoms with Crippen molar-refractivity contribution in [2.75, 3.05) is 20.2 Å². The van der Waals surface area contributed by atoms with Crippen molar-refractivity contribution in [2.45, 2.75) is 12.8 Å². The molecule has 0 aliphatic carbocycles. The molecule has 3 heteroatoms. The van der Waals surface area contributed by atoms with Crippen molar-refractivity contribution in [1.82, 2.24) is 4.90 Å². The van der Waals surface area contributed by atoms with Gasteiger partial charge >= 0.3 is 0 Å². The molecule has 0 atom stereocenters. The van der Waals surface area contributed by atoms with Gasteiger partial charge in [-0.05, 0) is 23.6 Å². The number of benzene rings is 1. The molecule has 1 aromatic rings. The summed E-state index contributed by atoms with van der Waals surface area (Å²) in [6.45, 7) is 1.58. The zero-order valence-corrected chi connectivity index (χ0v) is 8.86. The molecule has 15 heavy (non-hydrogen) atoms. The Bertz CT molecular complexity index is 395. The predicted molar refractivity (Wildman–Crippen MR) is 57.6 cm³/mol. The van der Waals surface area contributed by atoms with E-state index in [4.69, 9.17) is 10.00 Å². The molecule has 0 bridgehead atoms. The van der Waals surface area contributed by atoms with Crippen LogP contribution in [0.15, 0.2) is 18.2 Å². The monoisotopic (exact) mass is 202 g/mol. The van der Waals surface area contributed by atoms with E-state index in [1.807, 2.05) is 6.07 Å². The van der Waals surface area contributed by atoms with Crippen LogP contribution in [-0.4, -0.2) is 25.1 Å². The first-order valence-electron chi connectivity index (χ1n) is 5.15. The second kappa shape index (κ2) is 4.22. The number of nitrogens with zero attached hydrogens (tertiary/aromatic N) is 2. The van der Waals surface area contributed by atoms with Crippen LogP contribution in [-0.2, 0) is 12.8 Å². The number of ether oxygens (including phenoxy) is 1. The highest BCUT2D eigenvalue weighted by molar-refractivity contribution is 5.39. The number of nitriles is 1. The summed E-state index contributed by atoms with van der Waals surface area (Å²) >= 11 is 0. The lowest BCUT2D eigenvalue weighted by Crippen LogP contribution is -2.14. The van der Waals surface area contributed by atoms with E-state index in [2.05, 4.69) is 18.3 Å². The highest BCUT2D eigenvalue weighted by atomic mass is 16.5. The van der Waals surface area contributed by atoms with Crippen LogP contribution in [0.25, 0.3) is 0 Å². The van der Waals surface area contributed by atoms with Crippen molar-refractivity contribution in [3.63, 3.8) is 0 Å². The van der Waals surface area contributed by atoms with Gasteiger partial charge in [0.2, 0.25) is 0 Å². The number of hydrogen-bond donors (Lipinski definition) is 0. The molecule has 0 N–H and O–H groups in total. The lowest BCUT2D eigenvalue weighted by atomic mass is 10.1. The van der Waals surface area contributed by atoms with E-state index in [0.29, 0.717) is 0 Å². The van der Waals surface area contributed by atoms with Crippen molar-refractivity contribution in [2.24, 2.45) is 0 Å². The van der Waals surface area contributed by atoms with Gasteiger partial charge in [0.1, 0.15) is 5.75 Å². The van der Waals surface area contributed by atoms with E-state index in [0.717, 1.165) is 31.7 Å². The molecule has 3 nitrogen and oxygen atoms in total. The molecule has 78 valence electrons. The minimum atomic E-state index is 0.774. The Morgan fingerprint density at radius 3 is 3.20 bits per heavy atom. The van der Waals surface area contributed by atoms with Crippen molar-refractivity contribution >= 4 is 0 Å². The van der Waals surface area contributed by atoms with Crippen LogP contribution in [0, 0.1) is 11.5 Å². The minimum Gasteiger partial charge on any atom is -0.493 e. The maximum atomic E-state index is 8.62. The van der Waals surface area contributed by atoms with Gasteiger partial charge in [0.25, 0.3) is 0 Å². The second-order valence-corrected chi connectivity index (χ2v) is 3.81. The van der Waals surface area contributed by atoms with Crippen LogP contribution in [0.2, 0.25) is 0 Å². The molecule has 0 fully saturated rings. The van der Waals surface area contributed by atoms with Gasteiger partial charge in [0.15, 0.2) is 6.19 Å². The van der Waals surface area contributed by atoms with Crippen LogP contribution < -0.4 is 4.74 Å². The predicted octanol–water partition coefficient (Wildman–Crippen LogP) is 1.58. The quantitative estimate of drug-likeness (QED) is 0.551. The van der Waals surface area contributed by atoms with Gasteiger partial charge in [-0.25, -0.2) is 0 Å². The molecule has 0 saturated carbocycles. The third kappa shape index (κ3) is 2.21. The van der Waals surface area contributed by atoms with Crippen LogP contribution in [0.1, 0.15) is 11.1 Å². The molecule has 0 aromatic heterocycles. The number of hydrogen-bond acceptors (Lipinski definition) is 3. The largest absolute Gasteiger partial charge is 0.493 e. The van der Waals surface area contributed by atoms with Gasteiger partial charge in [-0.1, -0.05) is 12.1 Å². The highest BCUT2D eigenvalue weighted by Crippen LogP contribution is 2.25. The standard InChI is InChI=1S/C12H14N2O/c1-14(9-13)6-4-10-2-3-12-11(8-10)5-7-15-12/h2-3,8H,4-7H2,1H3. The third-order valence-corrected chi connectivity index (χ3v) is 2.66. The Morgan fingerprint density at radius 2 is 2.40 bits per heavy atom. The Morgan fingerprint density at radius 1 is 1.53 bits per heavy atom. The normalized spacial score (nSPS) is 12.8. The lowest BCUT2D eigenvalue weighted by molar-refractivity contribution is 0.357. The zero-order chi connectivity index (χ0) is 10.7. The van der Waals surface area contributed by atoms with Crippen molar-refractivity contribution in [3.8, 4) is 11.9 Å². The van der Waals surface area contributed by atoms with Crippen molar-refractivity contribution in [1.29, 1.82) is 5.26 Å². The smallest absolute Gasteiger partial charge is 0.179 e. The Balaban J connectivity index is 2.01. The topological polar surface area (TPSA) is 36.3 Å². The van der Waals surface area contributed by atoms with Gasteiger partial charge in [-0.2, -0.15) is 5.26 Å². The Kier molecular flexibility index (Phi) is 2.77. The SMILES string of the molecule is CN(C#N)CCc1ccc2c(c1)CCO2. The van der Waals surface area contributed by atoms with E-state index in [9.17, 15) is 0 Å². The molecule has 0 spiro atoms. The maximum absolute atomic E-state index is 8.62. The lowest BCUT2D eigenvalue weighted by Gasteiger charge is -2.09. The van der Waals surface area contributed by atoms with E-state index in [-0.39, 0.29) is 0 Å². The third-order valence-electron chi connectivity index (χ3n) is 2.66. The van der Waals surface area contributed by atoms with Crippen molar-refractivity contribution < 1.29 is 4.74 Å². The summed E-state index contributed by atoms with van der Waals surface area (Å²) in [5.74, 6) is 1.02. The van der Waals surface area contributed by atoms with Crippen LogP contribution >= 0.6 is 0 Å². The second-order valence-electron chi connectivity index (χ2n) is 3.81. The molecule has 0 unspecified atom stereocenters. The average Bonchev–Trinajstić information content (AvgIpc) is 2.72. The molecular weight excluding hydrogens is 188 g/mol. The molecule has 0 saturated heterocycles. The van der Waals surface area contributed by atoms with Gasteiger partial charge in [-0.3, -0.25) is 0 Å². The number of likely N-dealkylation sites (N-methyl/N-ethyl adjacent to an activating group) is 1. The van der Waals surface area contributed by atoms with Gasteiger partial charge < -0.3 is 9.64 Å². The first-order chi connectivity index (χ1) is 7.29. The fourth-order valence-electron chi connectivity index (χ4n) is 1.74. The summed E-state index contributed by atoms with van der Waals surface area (Å²) in [6.07, 6.45) is 4.02. The van der Waals surface area contributed by atoms with E-state index >= 15 is 0 Å². The van der Waals surface area contributed by atoms with Crippen molar-refractivity contribution in [3.05, 3.63) is 29.3 Å². The van der Waals surface area contributed by atoms with Crippen LogP contribution in [0.4, 0.5) is 0 Å². The number of rotatable bonds is 3. The van der Waals surface area contributed by atoms with E-state index in [1.165, 1.54) is 11.1 Å². The zero-order valence-electron chi connectivity index (χ0n) is 8.86. The maximum Gasteiger partial charge on any atom is 0.179 e. The van der Waals surface area contributed by atoms with Crippen LogP contribution in [0.3, 0.4) is 0 Å². The summed E-state index contributed by atoms with van der Waals surface area (Å²) in [6, 6.07) is 6.30. The highest BCUT2D eigenvalue weighted by Gasteiger charge is 2.11. The fourth-order valence-corrected chi connectivity index (χ4v) is 1.74. The van der Waals surface area contributed by atoms with Crippen LogP contribution in [0.5, 0.6) is 5.75 Å². The molecule has 1 aliphatic heterocycles. The minimum absolute atomic E-state index is 0.774. The van der Waals surface area contributed by atoms with Gasteiger partial charge in [0, 0.05) is 20.0 Å². The van der Waals surface area contributed by atoms with Gasteiger partial charge in [-0.15, -0.1) is 0 Å². The summed E-state index contributed by atoms with van der Waals surface area (Å²) in [7, 11) is 1.80. The molecular formula is C12H14N2O. The molecule has 2 rings (SSSR count). The first-order valence-corrected chi connectivity index (χ1v) is 5.15. The molecule has 1 aliphatic rings. The summed E-state index contributed by atoms with van der Waals surface area (Å²) in [4.78, 5) is 1.64. The summed E-state index contributed by atoms with van der Waals surface area (Å²) in [5.41, 5.74) is 2.58. The average molecular weight is 202 g/mol. The van der Waals surface area contributed by atoms with Gasteiger partial charge in [0.05, 0.1) is 6.61 Å². The fraction of sp³-hybridized carbons (Fsp3) is 0.417.